The molecule has 1 aromatic heterocycles. The highest BCUT2D eigenvalue weighted by Gasteiger charge is 2.34. The van der Waals surface area contributed by atoms with E-state index in [-0.39, 0.29) is 0 Å². The molecular formula is C12H17ClN4. The number of rotatable bonds is 1. The van der Waals surface area contributed by atoms with E-state index in [1.165, 1.54) is 19.4 Å². The summed E-state index contributed by atoms with van der Waals surface area (Å²) < 4.78 is 0. The summed E-state index contributed by atoms with van der Waals surface area (Å²) in [5.74, 6) is 0.962. The van der Waals surface area contributed by atoms with Gasteiger partial charge in [-0.1, -0.05) is 0 Å². The Morgan fingerprint density at radius 1 is 1.41 bits per heavy atom. The van der Waals surface area contributed by atoms with Crippen LogP contribution in [0, 0.1) is 0 Å². The number of anilines is 1. The Balaban J connectivity index is 1.83. The highest BCUT2D eigenvalue weighted by Crippen LogP contribution is 2.27. The number of aromatic nitrogens is 2. The topological polar surface area (TPSA) is 32.3 Å². The van der Waals surface area contributed by atoms with Gasteiger partial charge in [-0.05, 0) is 44.0 Å². The van der Waals surface area contributed by atoms with Crippen LogP contribution < -0.4 is 4.90 Å². The van der Waals surface area contributed by atoms with E-state index in [4.69, 9.17) is 11.6 Å². The molecule has 1 aromatic rings. The van der Waals surface area contributed by atoms with Gasteiger partial charge in [0.15, 0.2) is 0 Å². The zero-order valence-corrected chi connectivity index (χ0v) is 10.8. The highest BCUT2D eigenvalue weighted by atomic mass is 35.5. The van der Waals surface area contributed by atoms with Gasteiger partial charge in [-0.3, -0.25) is 4.90 Å². The standard InChI is InChI=1S/C12H17ClN4/c1-9-7-16-6-2-3-10(16)8-17(9)11-4-5-14-12(13)15-11/h4-5,9-10H,2-3,6-8H2,1H3. The Labute approximate surface area is 107 Å². The van der Waals surface area contributed by atoms with Crippen molar-refractivity contribution < 1.29 is 0 Å². The molecule has 17 heavy (non-hydrogen) atoms. The van der Waals surface area contributed by atoms with Crippen LogP contribution in [0.15, 0.2) is 12.3 Å². The fourth-order valence-corrected chi connectivity index (χ4v) is 3.14. The van der Waals surface area contributed by atoms with E-state index < -0.39 is 0 Å². The third-order valence-corrected chi connectivity index (χ3v) is 4.03. The first-order chi connectivity index (χ1) is 8.24. The summed E-state index contributed by atoms with van der Waals surface area (Å²) in [4.78, 5) is 13.2. The van der Waals surface area contributed by atoms with E-state index in [2.05, 4.69) is 26.7 Å². The third kappa shape index (κ3) is 2.11. The maximum absolute atomic E-state index is 5.86. The van der Waals surface area contributed by atoms with Crippen LogP contribution in [0.1, 0.15) is 19.8 Å². The van der Waals surface area contributed by atoms with Crippen LogP contribution in [0.2, 0.25) is 5.28 Å². The minimum Gasteiger partial charge on any atom is -0.351 e. The average Bonchev–Trinajstić information content (AvgIpc) is 2.75. The van der Waals surface area contributed by atoms with Crippen molar-refractivity contribution in [2.24, 2.45) is 0 Å². The number of halogens is 1. The fraction of sp³-hybridized carbons (Fsp3) is 0.667. The van der Waals surface area contributed by atoms with Gasteiger partial charge in [-0.25, -0.2) is 9.97 Å². The van der Waals surface area contributed by atoms with Crippen molar-refractivity contribution in [1.29, 1.82) is 0 Å². The quantitative estimate of drug-likeness (QED) is 0.714. The number of hydrogen-bond acceptors (Lipinski definition) is 4. The zero-order chi connectivity index (χ0) is 11.8. The van der Waals surface area contributed by atoms with Crippen molar-refractivity contribution in [2.45, 2.75) is 31.8 Å². The van der Waals surface area contributed by atoms with Gasteiger partial charge < -0.3 is 4.90 Å². The summed E-state index contributed by atoms with van der Waals surface area (Å²) >= 11 is 5.86. The minimum atomic E-state index is 0.337. The molecule has 2 aliphatic rings. The zero-order valence-electron chi connectivity index (χ0n) is 10.0. The van der Waals surface area contributed by atoms with E-state index in [1.54, 1.807) is 6.20 Å². The molecule has 0 N–H and O–H groups in total. The molecule has 0 aromatic carbocycles. The molecule has 0 saturated carbocycles. The molecule has 3 heterocycles. The molecule has 2 fully saturated rings. The van der Waals surface area contributed by atoms with Crippen molar-refractivity contribution in [3.05, 3.63) is 17.5 Å². The molecular weight excluding hydrogens is 236 g/mol. The number of nitrogens with zero attached hydrogens (tertiary/aromatic N) is 4. The Morgan fingerprint density at radius 3 is 3.12 bits per heavy atom. The van der Waals surface area contributed by atoms with Crippen molar-refractivity contribution in [3.8, 4) is 0 Å². The maximum atomic E-state index is 5.86. The first kappa shape index (κ1) is 11.2. The van der Waals surface area contributed by atoms with Gasteiger partial charge in [0.1, 0.15) is 5.82 Å². The molecule has 2 aliphatic heterocycles. The van der Waals surface area contributed by atoms with E-state index in [0.29, 0.717) is 17.4 Å². The molecule has 92 valence electrons. The Morgan fingerprint density at radius 2 is 2.29 bits per heavy atom. The molecule has 3 rings (SSSR count). The molecule has 2 unspecified atom stereocenters. The Kier molecular flexibility index (Phi) is 2.92. The smallest absolute Gasteiger partial charge is 0.224 e. The molecule has 0 amide bonds. The average molecular weight is 253 g/mol. The van der Waals surface area contributed by atoms with Gasteiger partial charge in [0.25, 0.3) is 0 Å². The first-order valence-corrected chi connectivity index (χ1v) is 6.61. The predicted molar refractivity (Wildman–Crippen MR) is 68.4 cm³/mol. The number of fused-ring (bicyclic) bond motifs is 1. The second kappa shape index (κ2) is 4.42. The third-order valence-electron chi connectivity index (χ3n) is 3.84. The van der Waals surface area contributed by atoms with Gasteiger partial charge >= 0.3 is 0 Å². The first-order valence-electron chi connectivity index (χ1n) is 6.23. The van der Waals surface area contributed by atoms with Crippen LogP contribution in [0.25, 0.3) is 0 Å². The molecule has 4 nitrogen and oxygen atoms in total. The second-order valence-electron chi connectivity index (χ2n) is 4.98. The van der Waals surface area contributed by atoms with Crippen molar-refractivity contribution >= 4 is 17.4 Å². The molecule has 0 spiro atoms. The van der Waals surface area contributed by atoms with Crippen LogP contribution in [0.3, 0.4) is 0 Å². The normalized spacial score (nSPS) is 29.4. The van der Waals surface area contributed by atoms with Gasteiger partial charge in [-0.2, -0.15) is 0 Å². The molecule has 5 heteroatoms. The Bertz CT molecular complexity index is 411. The van der Waals surface area contributed by atoms with Gasteiger partial charge in [0, 0.05) is 31.4 Å². The molecule has 2 saturated heterocycles. The lowest BCUT2D eigenvalue weighted by atomic mass is 10.1. The molecule has 0 bridgehead atoms. The van der Waals surface area contributed by atoms with Crippen LogP contribution in [-0.2, 0) is 0 Å². The van der Waals surface area contributed by atoms with E-state index in [9.17, 15) is 0 Å². The fourth-order valence-electron chi connectivity index (χ4n) is 2.99. The van der Waals surface area contributed by atoms with Crippen molar-refractivity contribution in [2.75, 3.05) is 24.5 Å². The summed E-state index contributed by atoms with van der Waals surface area (Å²) in [6.07, 6.45) is 4.37. The van der Waals surface area contributed by atoms with Crippen LogP contribution in [0.4, 0.5) is 5.82 Å². The Hall–Kier alpha value is -0.870. The lowest BCUT2D eigenvalue weighted by Gasteiger charge is -2.42. The van der Waals surface area contributed by atoms with Crippen LogP contribution in [-0.4, -0.2) is 46.6 Å². The number of hydrogen-bond donors (Lipinski definition) is 0. The van der Waals surface area contributed by atoms with Crippen LogP contribution >= 0.6 is 11.6 Å². The monoisotopic (exact) mass is 252 g/mol. The van der Waals surface area contributed by atoms with Gasteiger partial charge in [0.05, 0.1) is 0 Å². The SMILES string of the molecule is CC1CN2CCCC2CN1c1ccnc(Cl)n1. The molecule has 0 aliphatic carbocycles. The summed E-state index contributed by atoms with van der Waals surface area (Å²) in [7, 11) is 0. The lowest BCUT2D eigenvalue weighted by molar-refractivity contribution is 0.202. The van der Waals surface area contributed by atoms with Gasteiger partial charge in [0.2, 0.25) is 5.28 Å². The maximum Gasteiger partial charge on any atom is 0.224 e. The second-order valence-corrected chi connectivity index (χ2v) is 5.31. The number of piperazine rings is 1. The van der Waals surface area contributed by atoms with Crippen molar-refractivity contribution in [1.82, 2.24) is 14.9 Å². The molecule has 2 atom stereocenters. The predicted octanol–water partition coefficient (Wildman–Crippen LogP) is 1.80. The summed E-state index contributed by atoms with van der Waals surface area (Å²) in [6, 6.07) is 3.14. The van der Waals surface area contributed by atoms with Gasteiger partial charge in [-0.15, -0.1) is 0 Å². The van der Waals surface area contributed by atoms with Crippen molar-refractivity contribution in [3.63, 3.8) is 0 Å². The summed E-state index contributed by atoms with van der Waals surface area (Å²) in [5, 5.41) is 0.337. The van der Waals surface area contributed by atoms with E-state index >= 15 is 0 Å². The summed E-state index contributed by atoms with van der Waals surface area (Å²) in [5.41, 5.74) is 0. The lowest BCUT2D eigenvalue weighted by Crippen LogP contribution is -2.55. The van der Waals surface area contributed by atoms with E-state index in [1.807, 2.05) is 6.07 Å². The molecule has 0 radical (unpaired) electrons. The largest absolute Gasteiger partial charge is 0.351 e. The summed E-state index contributed by atoms with van der Waals surface area (Å²) in [6.45, 7) is 5.71. The van der Waals surface area contributed by atoms with E-state index in [0.717, 1.165) is 18.9 Å². The minimum absolute atomic E-state index is 0.337. The van der Waals surface area contributed by atoms with Crippen LogP contribution in [0.5, 0.6) is 0 Å². The highest BCUT2D eigenvalue weighted by molar-refractivity contribution is 6.28.